The minimum atomic E-state index is -0.444. The maximum absolute atomic E-state index is 12.4. The Kier molecular flexibility index (Phi) is 3.56. The number of carbonyl (C=O) groups is 2. The molecule has 1 aliphatic rings. The maximum atomic E-state index is 12.4. The molecule has 2 amide bonds. The van der Waals surface area contributed by atoms with Crippen LogP contribution in [-0.4, -0.2) is 16.9 Å². The lowest BCUT2D eigenvalue weighted by Crippen LogP contribution is -2.31. The molecule has 0 spiro atoms. The van der Waals surface area contributed by atoms with Crippen molar-refractivity contribution < 1.29 is 14.7 Å². The normalized spacial score (nSPS) is 14.2. The summed E-state index contributed by atoms with van der Waals surface area (Å²) in [4.78, 5) is 25.5. The van der Waals surface area contributed by atoms with Gasteiger partial charge in [-0.1, -0.05) is 29.8 Å². The standard InChI is InChI=1S/C16H11ClN2O3/c17-12-8-10(6-7-14(12)20)18-13-9-15(21)19(16(13)22)11-4-2-1-3-5-11/h1-9,18,20H. The van der Waals surface area contributed by atoms with E-state index >= 15 is 0 Å². The molecule has 0 saturated carbocycles. The Bertz CT molecular complexity index is 787. The number of hydrogen-bond acceptors (Lipinski definition) is 4. The average Bonchev–Trinajstić information content (AvgIpc) is 2.78. The lowest BCUT2D eigenvalue weighted by Gasteiger charge is -2.15. The number of nitrogens with zero attached hydrogens (tertiary/aromatic N) is 1. The van der Waals surface area contributed by atoms with E-state index in [1.807, 2.05) is 0 Å². The molecule has 5 nitrogen and oxygen atoms in total. The Labute approximate surface area is 131 Å². The summed E-state index contributed by atoms with van der Waals surface area (Å²) in [6, 6.07) is 13.1. The van der Waals surface area contributed by atoms with Crippen molar-refractivity contribution in [3.8, 4) is 5.75 Å². The van der Waals surface area contributed by atoms with Gasteiger partial charge in [0.2, 0.25) is 0 Å². The molecule has 0 aliphatic carbocycles. The number of rotatable bonds is 3. The molecule has 0 saturated heterocycles. The van der Waals surface area contributed by atoms with Crippen molar-refractivity contribution in [3.63, 3.8) is 0 Å². The van der Waals surface area contributed by atoms with Gasteiger partial charge in [0.25, 0.3) is 11.8 Å². The van der Waals surface area contributed by atoms with Gasteiger partial charge in [0, 0.05) is 11.8 Å². The van der Waals surface area contributed by atoms with Crippen LogP contribution in [-0.2, 0) is 9.59 Å². The number of imide groups is 1. The van der Waals surface area contributed by atoms with Gasteiger partial charge in [0.1, 0.15) is 11.4 Å². The van der Waals surface area contributed by atoms with Gasteiger partial charge in [-0.25, -0.2) is 4.90 Å². The smallest absolute Gasteiger partial charge is 0.281 e. The number of para-hydroxylation sites is 1. The average molecular weight is 315 g/mol. The molecule has 110 valence electrons. The van der Waals surface area contributed by atoms with Crippen molar-refractivity contribution in [1.29, 1.82) is 0 Å². The Morgan fingerprint density at radius 3 is 2.45 bits per heavy atom. The third-order valence-electron chi connectivity index (χ3n) is 3.16. The van der Waals surface area contributed by atoms with Crippen LogP contribution in [0.1, 0.15) is 0 Å². The summed E-state index contributed by atoms with van der Waals surface area (Å²) >= 11 is 5.82. The maximum Gasteiger partial charge on any atom is 0.281 e. The van der Waals surface area contributed by atoms with E-state index in [2.05, 4.69) is 5.32 Å². The molecule has 2 N–H and O–H groups in total. The van der Waals surface area contributed by atoms with E-state index in [-0.39, 0.29) is 16.5 Å². The number of halogens is 1. The highest BCUT2D eigenvalue weighted by Crippen LogP contribution is 2.28. The predicted octanol–water partition coefficient (Wildman–Crippen LogP) is 2.91. The number of carbonyl (C=O) groups excluding carboxylic acids is 2. The van der Waals surface area contributed by atoms with E-state index in [0.717, 1.165) is 4.90 Å². The van der Waals surface area contributed by atoms with Gasteiger partial charge < -0.3 is 10.4 Å². The minimum absolute atomic E-state index is 0.0547. The fourth-order valence-electron chi connectivity index (χ4n) is 2.12. The molecule has 0 unspecified atom stereocenters. The number of hydrogen-bond donors (Lipinski definition) is 2. The van der Waals surface area contributed by atoms with Crippen molar-refractivity contribution in [2.24, 2.45) is 0 Å². The third-order valence-corrected chi connectivity index (χ3v) is 3.47. The molecule has 0 fully saturated rings. The minimum Gasteiger partial charge on any atom is -0.506 e. The first kappa shape index (κ1) is 14.2. The Morgan fingerprint density at radius 1 is 1.05 bits per heavy atom. The van der Waals surface area contributed by atoms with Crippen LogP contribution in [0, 0.1) is 0 Å². The van der Waals surface area contributed by atoms with Crippen LogP contribution in [0.25, 0.3) is 0 Å². The number of aromatic hydroxyl groups is 1. The number of anilines is 2. The molecule has 2 aromatic rings. The second-order valence-corrected chi connectivity index (χ2v) is 5.07. The van der Waals surface area contributed by atoms with Crippen molar-refractivity contribution in [3.05, 3.63) is 65.3 Å². The Hall–Kier alpha value is -2.79. The molecule has 6 heteroatoms. The Morgan fingerprint density at radius 2 is 1.77 bits per heavy atom. The first-order chi connectivity index (χ1) is 10.6. The van der Waals surface area contributed by atoms with Crippen LogP contribution >= 0.6 is 11.6 Å². The van der Waals surface area contributed by atoms with Crippen LogP contribution in [0.15, 0.2) is 60.3 Å². The predicted molar refractivity (Wildman–Crippen MR) is 83.8 cm³/mol. The molecule has 0 atom stereocenters. The SMILES string of the molecule is O=C1C=C(Nc2ccc(O)c(Cl)c2)C(=O)N1c1ccccc1. The van der Waals surface area contributed by atoms with Gasteiger partial charge >= 0.3 is 0 Å². The number of amides is 2. The van der Waals surface area contributed by atoms with Gasteiger partial charge in [-0.3, -0.25) is 9.59 Å². The first-order valence-electron chi connectivity index (χ1n) is 6.47. The number of benzene rings is 2. The lowest BCUT2D eigenvalue weighted by atomic mass is 10.2. The number of nitrogens with one attached hydrogen (secondary N) is 1. The molecule has 0 aromatic heterocycles. The van der Waals surface area contributed by atoms with Crippen LogP contribution in [0.4, 0.5) is 11.4 Å². The third kappa shape index (κ3) is 2.54. The van der Waals surface area contributed by atoms with Crippen molar-refractivity contribution in [2.75, 3.05) is 10.2 Å². The second-order valence-electron chi connectivity index (χ2n) is 4.66. The summed E-state index contributed by atoms with van der Waals surface area (Å²) in [5.41, 5.74) is 1.16. The van der Waals surface area contributed by atoms with E-state index in [1.54, 1.807) is 36.4 Å². The van der Waals surface area contributed by atoms with Crippen LogP contribution < -0.4 is 10.2 Å². The highest BCUT2D eigenvalue weighted by molar-refractivity contribution is 6.33. The van der Waals surface area contributed by atoms with Gasteiger partial charge in [-0.05, 0) is 30.3 Å². The summed E-state index contributed by atoms with van der Waals surface area (Å²) < 4.78 is 0. The molecule has 1 heterocycles. The first-order valence-corrected chi connectivity index (χ1v) is 6.85. The highest BCUT2D eigenvalue weighted by atomic mass is 35.5. The highest BCUT2D eigenvalue weighted by Gasteiger charge is 2.32. The van der Waals surface area contributed by atoms with Gasteiger partial charge in [-0.2, -0.15) is 0 Å². The largest absolute Gasteiger partial charge is 0.506 e. The molecule has 0 radical (unpaired) electrons. The zero-order valence-electron chi connectivity index (χ0n) is 11.3. The summed E-state index contributed by atoms with van der Waals surface area (Å²) in [6.45, 7) is 0. The fourth-order valence-corrected chi connectivity index (χ4v) is 2.30. The lowest BCUT2D eigenvalue weighted by molar-refractivity contribution is -0.120. The zero-order valence-corrected chi connectivity index (χ0v) is 12.0. The van der Waals surface area contributed by atoms with Crippen molar-refractivity contribution >= 4 is 34.8 Å². The van der Waals surface area contributed by atoms with E-state index in [1.165, 1.54) is 18.2 Å². The van der Waals surface area contributed by atoms with Crippen molar-refractivity contribution in [1.82, 2.24) is 0 Å². The molecule has 2 aromatic carbocycles. The molecule has 3 rings (SSSR count). The van der Waals surface area contributed by atoms with Gasteiger partial charge in [0.15, 0.2) is 0 Å². The van der Waals surface area contributed by atoms with Gasteiger partial charge in [0.05, 0.1) is 10.7 Å². The monoisotopic (exact) mass is 314 g/mol. The summed E-state index contributed by atoms with van der Waals surface area (Å²) in [5.74, 6) is -0.912. The fraction of sp³-hybridized carbons (Fsp3) is 0. The molecule has 0 bridgehead atoms. The zero-order chi connectivity index (χ0) is 15.7. The Balaban J connectivity index is 1.84. The number of phenols is 1. The van der Waals surface area contributed by atoms with Gasteiger partial charge in [-0.15, -0.1) is 0 Å². The summed E-state index contributed by atoms with van der Waals surface area (Å²) in [6.07, 6.45) is 1.23. The molecular formula is C16H11ClN2O3. The quantitative estimate of drug-likeness (QED) is 0.675. The molecule has 22 heavy (non-hydrogen) atoms. The van der Waals surface area contributed by atoms with Crippen LogP contribution in [0.3, 0.4) is 0 Å². The van der Waals surface area contributed by atoms with Crippen LogP contribution in [0.2, 0.25) is 5.02 Å². The second kappa shape index (κ2) is 5.54. The van der Waals surface area contributed by atoms with Crippen LogP contribution in [0.5, 0.6) is 5.75 Å². The van der Waals surface area contributed by atoms with Crippen molar-refractivity contribution in [2.45, 2.75) is 0 Å². The molecular weight excluding hydrogens is 304 g/mol. The topological polar surface area (TPSA) is 69.6 Å². The van der Waals surface area contributed by atoms with E-state index in [0.29, 0.717) is 11.4 Å². The number of phenolic OH excluding ortho intramolecular Hbond substituents is 1. The van der Waals surface area contributed by atoms with E-state index in [9.17, 15) is 14.7 Å². The van der Waals surface area contributed by atoms with E-state index < -0.39 is 11.8 Å². The van der Waals surface area contributed by atoms with E-state index in [4.69, 9.17) is 11.6 Å². The molecule has 1 aliphatic heterocycles. The summed E-state index contributed by atoms with van der Waals surface area (Å²) in [7, 11) is 0. The summed E-state index contributed by atoms with van der Waals surface area (Å²) in [5, 5.41) is 12.4.